The lowest BCUT2D eigenvalue weighted by molar-refractivity contribution is -0.137. The van der Waals surface area contributed by atoms with Crippen LogP contribution in [0.25, 0.3) is 0 Å². The number of carbonyl (C=O) groups is 2. The summed E-state index contributed by atoms with van der Waals surface area (Å²) < 4.78 is 56.3. The Morgan fingerprint density at radius 1 is 0.889 bits per heavy atom. The molecule has 2 rings (SSSR count). The van der Waals surface area contributed by atoms with Crippen molar-refractivity contribution in [2.24, 2.45) is 0 Å². The summed E-state index contributed by atoms with van der Waals surface area (Å²) in [7, 11) is -7.83. The maximum absolute atomic E-state index is 11.2. The first-order valence-electron chi connectivity index (χ1n) is 10.2. The highest BCUT2D eigenvalue weighted by atomic mass is 32.2. The van der Waals surface area contributed by atoms with E-state index in [1.54, 1.807) is 0 Å². The minimum Gasteiger partial charge on any atom is -0.481 e. The van der Waals surface area contributed by atoms with Crippen molar-refractivity contribution in [1.29, 1.82) is 0 Å². The Labute approximate surface area is 206 Å². The van der Waals surface area contributed by atoms with E-state index in [1.807, 2.05) is 0 Å². The first-order valence-corrected chi connectivity index (χ1v) is 13.5. The largest absolute Gasteiger partial charge is 0.481 e. The molecule has 0 atom stereocenters. The molecule has 0 amide bonds. The fraction of sp³-hybridized carbons (Fsp3) is 0.389. The fourth-order valence-electron chi connectivity index (χ4n) is 2.66. The zero-order chi connectivity index (χ0) is 26.9. The van der Waals surface area contributed by atoms with Crippen LogP contribution in [0, 0.1) is 0 Å². The van der Waals surface area contributed by atoms with E-state index in [0.717, 1.165) is 18.4 Å². The van der Waals surface area contributed by atoms with Crippen molar-refractivity contribution in [2.45, 2.75) is 17.7 Å². The predicted molar refractivity (Wildman–Crippen MR) is 127 cm³/mol. The highest BCUT2D eigenvalue weighted by Gasteiger charge is 2.17. The third-order valence-corrected chi connectivity index (χ3v) is 5.87. The molecule has 0 saturated carbocycles. The summed E-state index contributed by atoms with van der Waals surface area (Å²) in [5.41, 5.74) is 0.326. The molecule has 0 aliphatic rings. The number of anilines is 4. The van der Waals surface area contributed by atoms with Crippen LogP contribution in [0.2, 0.25) is 0 Å². The minimum atomic E-state index is -4.40. The molecule has 0 unspecified atom stereocenters. The second kappa shape index (κ2) is 12.4. The maximum atomic E-state index is 11.2. The number of carboxylic acids is 2. The van der Waals surface area contributed by atoms with E-state index in [0.29, 0.717) is 5.69 Å². The van der Waals surface area contributed by atoms with Gasteiger partial charge in [0.15, 0.2) is 0 Å². The Bertz CT molecular complexity index is 1270. The number of aromatic nitrogens is 3. The van der Waals surface area contributed by atoms with Gasteiger partial charge in [0.2, 0.25) is 27.9 Å². The lowest BCUT2D eigenvalue weighted by Gasteiger charge is -2.22. The van der Waals surface area contributed by atoms with Crippen LogP contribution in [0.5, 0.6) is 0 Å². The van der Waals surface area contributed by atoms with Gasteiger partial charge in [0.25, 0.3) is 10.1 Å². The topological polar surface area (TPSA) is 241 Å². The van der Waals surface area contributed by atoms with E-state index in [1.165, 1.54) is 17.0 Å². The lowest BCUT2D eigenvalue weighted by atomic mass is 10.3. The molecule has 0 saturated heterocycles. The van der Waals surface area contributed by atoms with Crippen LogP contribution in [0.1, 0.15) is 12.8 Å². The summed E-state index contributed by atoms with van der Waals surface area (Å²) in [6.07, 6.45) is 0.338. The number of carboxylic acid groups (broad SMARTS) is 2. The zero-order valence-corrected chi connectivity index (χ0v) is 20.6. The highest BCUT2D eigenvalue weighted by Crippen LogP contribution is 2.20. The van der Waals surface area contributed by atoms with Gasteiger partial charge in [0, 0.05) is 31.9 Å². The summed E-state index contributed by atoms with van der Waals surface area (Å²) in [5, 5.41) is 23.7. The van der Waals surface area contributed by atoms with Crippen LogP contribution >= 0.6 is 0 Å². The van der Waals surface area contributed by atoms with Gasteiger partial charge in [-0.3, -0.25) is 14.1 Å². The number of rotatable bonds is 15. The highest BCUT2D eigenvalue weighted by molar-refractivity contribution is 7.88. The lowest BCUT2D eigenvalue weighted by Crippen LogP contribution is -2.31. The quantitative estimate of drug-likeness (QED) is 0.122. The molecule has 36 heavy (non-hydrogen) atoms. The first kappa shape index (κ1) is 28.6. The molecule has 6 N–H and O–H groups in total. The standard InChI is InChI=1S/C18H25N7O9S2/c1-35(30,31)20-9-8-19-16-22-17(21-12-2-4-13(5-3-12)36(32,33)34)24-18(23-16)25(10-6-14(26)27)11-7-15(28)29/h2-5,20H,6-11H2,1H3,(H,26,27)(H,28,29)(H,32,33,34)(H2,19,21,22,23,24). The number of hydrogen-bond acceptors (Lipinski definition) is 12. The van der Waals surface area contributed by atoms with E-state index < -0.39 is 32.1 Å². The molecule has 2 aromatic rings. The van der Waals surface area contributed by atoms with Gasteiger partial charge < -0.3 is 25.7 Å². The number of nitrogens with zero attached hydrogens (tertiary/aromatic N) is 4. The monoisotopic (exact) mass is 547 g/mol. The summed E-state index contributed by atoms with van der Waals surface area (Å²) in [4.78, 5) is 35.7. The van der Waals surface area contributed by atoms with E-state index in [-0.39, 0.29) is 61.8 Å². The summed E-state index contributed by atoms with van der Waals surface area (Å²) in [6, 6.07) is 4.95. The molecule has 16 nitrogen and oxygen atoms in total. The van der Waals surface area contributed by atoms with Crippen molar-refractivity contribution in [2.75, 3.05) is 48.0 Å². The van der Waals surface area contributed by atoms with Gasteiger partial charge in [-0.25, -0.2) is 13.1 Å². The van der Waals surface area contributed by atoms with Crippen LogP contribution in [0.3, 0.4) is 0 Å². The SMILES string of the molecule is CS(=O)(=O)NCCNc1nc(Nc2ccc(S(=O)(=O)O)cc2)nc(N(CCC(=O)O)CCC(=O)O)n1. The molecule has 0 radical (unpaired) electrons. The van der Waals surface area contributed by atoms with Gasteiger partial charge in [0.1, 0.15) is 0 Å². The van der Waals surface area contributed by atoms with E-state index >= 15 is 0 Å². The van der Waals surface area contributed by atoms with Crippen LogP contribution in [-0.4, -0.2) is 90.9 Å². The van der Waals surface area contributed by atoms with E-state index in [2.05, 4.69) is 30.3 Å². The molecule has 1 aromatic carbocycles. The molecular formula is C18H25N7O9S2. The van der Waals surface area contributed by atoms with Gasteiger partial charge in [-0.2, -0.15) is 23.4 Å². The molecule has 198 valence electrons. The van der Waals surface area contributed by atoms with Crippen LogP contribution < -0.4 is 20.3 Å². The Morgan fingerprint density at radius 3 is 1.94 bits per heavy atom. The average Bonchev–Trinajstić information content (AvgIpc) is 2.75. The zero-order valence-electron chi connectivity index (χ0n) is 18.9. The van der Waals surface area contributed by atoms with Crippen LogP contribution in [0.15, 0.2) is 29.2 Å². The molecule has 0 aliphatic heterocycles. The summed E-state index contributed by atoms with van der Waals surface area (Å²) in [6.45, 7) is -0.140. The number of sulfonamides is 1. The van der Waals surface area contributed by atoms with Crippen molar-refractivity contribution in [3.63, 3.8) is 0 Å². The van der Waals surface area contributed by atoms with Crippen molar-refractivity contribution in [3.05, 3.63) is 24.3 Å². The summed E-state index contributed by atoms with van der Waals surface area (Å²) >= 11 is 0. The molecule has 0 spiro atoms. The molecule has 18 heteroatoms. The number of nitrogens with one attached hydrogen (secondary N) is 3. The fourth-order valence-corrected chi connectivity index (χ4v) is 3.62. The van der Waals surface area contributed by atoms with Crippen LogP contribution in [-0.2, 0) is 29.7 Å². The van der Waals surface area contributed by atoms with E-state index in [9.17, 15) is 26.4 Å². The Balaban J connectivity index is 2.35. The Hall–Kier alpha value is -3.61. The first-order chi connectivity index (χ1) is 16.7. The number of benzene rings is 1. The van der Waals surface area contributed by atoms with Crippen molar-refractivity contribution < 1.29 is 41.2 Å². The molecular weight excluding hydrogens is 522 g/mol. The third-order valence-electron chi connectivity index (χ3n) is 4.28. The molecule has 0 bridgehead atoms. The van der Waals surface area contributed by atoms with E-state index in [4.69, 9.17) is 14.8 Å². The number of aliphatic carboxylic acids is 2. The Kier molecular flexibility index (Phi) is 9.84. The molecule has 0 fully saturated rings. The predicted octanol–water partition coefficient (Wildman–Crippen LogP) is -0.421. The smallest absolute Gasteiger partial charge is 0.305 e. The van der Waals surface area contributed by atoms with Gasteiger partial charge in [-0.1, -0.05) is 0 Å². The Morgan fingerprint density at radius 2 is 1.44 bits per heavy atom. The number of hydrogen-bond donors (Lipinski definition) is 6. The van der Waals surface area contributed by atoms with Crippen molar-refractivity contribution in [3.8, 4) is 0 Å². The van der Waals surface area contributed by atoms with Gasteiger partial charge in [-0.15, -0.1) is 0 Å². The summed E-state index contributed by atoms with van der Waals surface area (Å²) in [5.74, 6) is -2.38. The second-order valence-electron chi connectivity index (χ2n) is 7.27. The maximum Gasteiger partial charge on any atom is 0.305 e. The van der Waals surface area contributed by atoms with Gasteiger partial charge in [0.05, 0.1) is 24.0 Å². The second-order valence-corrected chi connectivity index (χ2v) is 10.5. The van der Waals surface area contributed by atoms with Crippen molar-refractivity contribution in [1.82, 2.24) is 19.7 Å². The average molecular weight is 548 g/mol. The molecule has 1 heterocycles. The molecule has 1 aromatic heterocycles. The van der Waals surface area contributed by atoms with Crippen molar-refractivity contribution >= 4 is 55.6 Å². The third kappa shape index (κ3) is 10.3. The normalized spacial score (nSPS) is 11.6. The minimum absolute atomic E-state index is 0.00144. The van der Waals surface area contributed by atoms with Gasteiger partial charge >= 0.3 is 11.9 Å². The molecule has 0 aliphatic carbocycles. The van der Waals surface area contributed by atoms with Crippen LogP contribution in [0.4, 0.5) is 23.5 Å². The van der Waals surface area contributed by atoms with Gasteiger partial charge in [-0.05, 0) is 24.3 Å².